The summed E-state index contributed by atoms with van der Waals surface area (Å²) in [6.45, 7) is 8.56. The van der Waals surface area contributed by atoms with Crippen molar-refractivity contribution in [2.75, 3.05) is 5.32 Å². The van der Waals surface area contributed by atoms with E-state index < -0.39 is 0 Å². The summed E-state index contributed by atoms with van der Waals surface area (Å²) in [5.41, 5.74) is 6.58. The fourth-order valence-corrected chi connectivity index (χ4v) is 5.01. The van der Waals surface area contributed by atoms with E-state index >= 15 is 0 Å². The number of allylic oxidation sites excluding steroid dienone is 2. The van der Waals surface area contributed by atoms with Gasteiger partial charge in [0, 0.05) is 23.6 Å². The molecule has 158 valence electrons. The molecule has 1 aliphatic carbocycles. The predicted molar refractivity (Wildman–Crippen MR) is 125 cm³/mol. The number of Topliss-reactive ketones (excluding diaryl/α,β-unsaturated/α-hetero) is 1. The van der Waals surface area contributed by atoms with Crippen LogP contribution in [-0.4, -0.2) is 15.6 Å². The minimum Gasteiger partial charge on any atom is -0.343 e. The van der Waals surface area contributed by atoms with Gasteiger partial charge in [-0.3, -0.25) is 4.79 Å². The van der Waals surface area contributed by atoms with Crippen LogP contribution in [-0.2, 0) is 10.3 Å². The lowest BCUT2D eigenvalue weighted by molar-refractivity contribution is -0.122. The summed E-state index contributed by atoms with van der Waals surface area (Å²) in [4.78, 5) is 13.1. The van der Waals surface area contributed by atoms with E-state index in [1.807, 2.05) is 6.07 Å². The second-order valence-corrected chi connectivity index (χ2v) is 9.66. The third-order valence-electron chi connectivity index (χ3n) is 6.46. The van der Waals surface area contributed by atoms with Gasteiger partial charge >= 0.3 is 0 Å². The van der Waals surface area contributed by atoms with Gasteiger partial charge in [-0.1, -0.05) is 60.7 Å². The Hall–Kier alpha value is -3.14. The number of aromatic nitrogens is 2. The highest BCUT2D eigenvalue weighted by Crippen LogP contribution is 2.49. The van der Waals surface area contributed by atoms with Crippen molar-refractivity contribution in [2.24, 2.45) is 5.92 Å². The van der Waals surface area contributed by atoms with Gasteiger partial charge in [-0.2, -0.15) is 5.10 Å². The molecule has 4 nitrogen and oxygen atoms in total. The SMILES string of the molecule is Cc1nn(C(C)(C)C)c2c1[C@H](c1ccc(-c3ccccc3)cc1)[C@H]1C(=O)CCC=C1N2. The van der Waals surface area contributed by atoms with Crippen LogP contribution in [0.5, 0.6) is 0 Å². The van der Waals surface area contributed by atoms with Gasteiger partial charge in [0.1, 0.15) is 11.6 Å². The zero-order valence-electron chi connectivity index (χ0n) is 18.6. The number of anilines is 1. The highest BCUT2D eigenvalue weighted by atomic mass is 16.1. The van der Waals surface area contributed by atoms with Gasteiger partial charge < -0.3 is 5.32 Å². The molecule has 0 fully saturated rings. The van der Waals surface area contributed by atoms with E-state index in [2.05, 4.69) is 92.3 Å². The molecule has 0 bridgehead atoms. The number of ketones is 1. The maximum absolute atomic E-state index is 13.1. The van der Waals surface area contributed by atoms with Crippen LogP contribution in [0, 0.1) is 12.8 Å². The first-order chi connectivity index (χ1) is 14.8. The lowest BCUT2D eigenvalue weighted by Crippen LogP contribution is -2.36. The monoisotopic (exact) mass is 411 g/mol. The van der Waals surface area contributed by atoms with Crippen molar-refractivity contribution in [1.29, 1.82) is 0 Å². The average Bonchev–Trinajstić information content (AvgIpc) is 3.10. The molecule has 2 aromatic carbocycles. The van der Waals surface area contributed by atoms with Crippen LogP contribution in [0.25, 0.3) is 11.1 Å². The molecule has 31 heavy (non-hydrogen) atoms. The molecule has 0 saturated carbocycles. The zero-order chi connectivity index (χ0) is 21.8. The molecule has 0 radical (unpaired) electrons. The third-order valence-corrected chi connectivity index (χ3v) is 6.46. The smallest absolute Gasteiger partial charge is 0.143 e. The van der Waals surface area contributed by atoms with E-state index in [4.69, 9.17) is 5.10 Å². The first kappa shape index (κ1) is 19.8. The molecule has 3 aromatic rings. The lowest BCUT2D eigenvalue weighted by Gasteiger charge is -2.38. The zero-order valence-corrected chi connectivity index (χ0v) is 18.6. The third kappa shape index (κ3) is 3.31. The number of nitrogens with zero attached hydrogens (tertiary/aromatic N) is 2. The van der Waals surface area contributed by atoms with E-state index in [-0.39, 0.29) is 17.4 Å². The number of hydrogen-bond acceptors (Lipinski definition) is 3. The number of aryl methyl sites for hydroxylation is 1. The molecule has 2 heterocycles. The largest absolute Gasteiger partial charge is 0.343 e. The first-order valence-electron chi connectivity index (χ1n) is 11.1. The number of hydrogen-bond donors (Lipinski definition) is 1. The minimum atomic E-state index is -0.167. The molecule has 0 unspecified atom stereocenters. The Morgan fingerprint density at radius 3 is 2.32 bits per heavy atom. The van der Waals surface area contributed by atoms with Gasteiger partial charge in [0.15, 0.2) is 0 Å². The molecular formula is C27H29N3O. The Morgan fingerprint density at radius 1 is 0.968 bits per heavy atom. The molecule has 4 heteroatoms. The molecule has 1 aliphatic heterocycles. The van der Waals surface area contributed by atoms with Gasteiger partial charge in [-0.25, -0.2) is 4.68 Å². The van der Waals surface area contributed by atoms with Gasteiger partial charge in [0.2, 0.25) is 0 Å². The molecule has 0 amide bonds. The van der Waals surface area contributed by atoms with Gasteiger partial charge in [0.05, 0.1) is 17.2 Å². The number of fused-ring (bicyclic) bond motifs is 2. The number of benzene rings is 2. The summed E-state index contributed by atoms with van der Waals surface area (Å²) in [5.74, 6) is 1.16. The Balaban J connectivity index is 1.66. The number of rotatable bonds is 2. The standard InChI is InChI=1S/C27H29N3O/c1-17-23-24(20-15-13-19(14-16-20)18-9-6-5-7-10-18)25-21(11-8-12-22(25)31)28-26(23)30(29-17)27(2,3)4/h5-7,9-11,13-16,24-25,28H,8,12H2,1-4H3/t24-,25+/m0/s1. The van der Waals surface area contributed by atoms with Crippen molar-refractivity contribution < 1.29 is 4.79 Å². The molecular weight excluding hydrogens is 382 g/mol. The Morgan fingerprint density at radius 2 is 1.65 bits per heavy atom. The van der Waals surface area contributed by atoms with Crippen molar-refractivity contribution in [1.82, 2.24) is 9.78 Å². The molecule has 2 aliphatic rings. The van der Waals surface area contributed by atoms with Crippen molar-refractivity contribution in [2.45, 2.75) is 52.0 Å². The van der Waals surface area contributed by atoms with Crippen LogP contribution in [0.15, 0.2) is 66.4 Å². The summed E-state index contributed by atoms with van der Waals surface area (Å²) in [7, 11) is 0. The van der Waals surface area contributed by atoms with Crippen LogP contribution < -0.4 is 5.32 Å². The maximum atomic E-state index is 13.1. The molecule has 5 rings (SSSR count). The van der Waals surface area contributed by atoms with Crippen LogP contribution in [0.3, 0.4) is 0 Å². The van der Waals surface area contributed by atoms with E-state index in [0.29, 0.717) is 12.2 Å². The summed E-state index contributed by atoms with van der Waals surface area (Å²) in [5, 5.41) is 8.51. The van der Waals surface area contributed by atoms with E-state index in [1.165, 1.54) is 16.7 Å². The summed E-state index contributed by atoms with van der Waals surface area (Å²) in [6.07, 6.45) is 3.61. The van der Waals surface area contributed by atoms with Crippen molar-refractivity contribution in [3.05, 3.63) is 83.2 Å². The van der Waals surface area contributed by atoms with E-state index in [0.717, 1.165) is 29.2 Å². The van der Waals surface area contributed by atoms with Crippen molar-refractivity contribution in [3.63, 3.8) is 0 Å². The van der Waals surface area contributed by atoms with Crippen LogP contribution in [0.4, 0.5) is 5.82 Å². The number of nitrogens with one attached hydrogen (secondary N) is 1. The van der Waals surface area contributed by atoms with E-state index in [9.17, 15) is 4.79 Å². The van der Waals surface area contributed by atoms with E-state index in [1.54, 1.807) is 0 Å². The highest BCUT2D eigenvalue weighted by Gasteiger charge is 2.43. The highest BCUT2D eigenvalue weighted by molar-refractivity contribution is 5.89. The molecule has 0 spiro atoms. The molecule has 1 N–H and O–H groups in total. The Bertz CT molecular complexity index is 1160. The number of carbonyl (C=O) groups is 1. The van der Waals surface area contributed by atoms with Crippen LogP contribution >= 0.6 is 0 Å². The van der Waals surface area contributed by atoms with Crippen molar-refractivity contribution in [3.8, 4) is 11.1 Å². The fourth-order valence-electron chi connectivity index (χ4n) is 5.01. The molecule has 0 saturated heterocycles. The Labute approximate surface area is 184 Å². The summed E-state index contributed by atoms with van der Waals surface area (Å²) in [6, 6.07) is 19.1. The topological polar surface area (TPSA) is 46.9 Å². The maximum Gasteiger partial charge on any atom is 0.143 e. The second-order valence-electron chi connectivity index (χ2n) is 9.66. The lowest BCUT2D eigenvalue weighted by atomic mass is 9.71. The van der Waals surface area contributed by atoms with Gasteiger partial charge in [-0.05, 0) is 50.8 Å². The minimum absolute atomic E-state index is 0.0174. The fraction of sp³-hybridized carbons (Fsp3) is 0.333. The predicted octanol–water partition coefficient (Wildman–Crippen LogP) is 6.03. The van der Waals surface area contributed by atoms with Gasteiger partial charge in [-0.15, -0.1) is 0 Å². The molecule has 2 atom stereocenters. The number of carbonyl (C=O) groups excluding carboxylic acids is 1. The van der Waals surface area contributed by atoms with Crippen molar-refractivity contribution >= 4 is 11.6 Å². The second kappa shape index (κ2) is 7.23. The summed E-state index contributed by atoms with van der Waals surface area (Å²) < 4.78 is 2.08. The Kier molecular flexibility index (Phi) is 4.62. The first-order valence-corrected chi connectivity index (χ1v) is 11.1. The average molecular weight is 412 g/mol. The van der Waals surface area contributed by atoms with Gasteiger partial charge in [0.25, 0.3) is 0 Å². The molecule has 1 aromatic heterocycles. The van der Waals surface area contributed by atoms with Crippen LogP contribution in [0.2, 0.25) is 0 Å². The normalized spacial score (nSPS) is 20.5. The summed E-state index contributed by atoms with van der Waals surface area (Å²) >= 11 is 0. The quantitative estimate of drug-likeness (QED) is 0.560. The van der Waals surface area contributed by atoms with Crippen LogP contribution in [0.1, 0.15) is 56.4 Å².